The topological polar surface area (TPSA) is 46.5 Å². The number of rotatable bonds is 6. The minimum absolute atomic E-state index is 0.202. The van der Waals surface area contributed by atoms with Gasteiger partial charge < -0.3 is 9.84 Å². The smallest absolute Gasteiger partial charge is 0.329 e. The number of carboxylic acids is 1. The van der Waals surface area contributed by atoms with E-state index in [0.717, 1.165) is 12.8 Å². The van der Waals surface area contributed by atoms with Crippen LogP contribution >= 0.6 is 11.3 Å². The standard InChI is InChI=1S/C10H14O3S/c1-2-8-3-4-9(14-8)5-6-13-7-10(11)12/h3-4H,2,5-7H2,1H3,(H,11,12). The van der Waals surface area contributed by atoms with Crippen molar-refractivity contribution in [3.05, 3.63) is 21.9 Å². The Balaban J connectivity index is 2.21. The molecule has 0 bridgehead atoms. The van der Waals surface area contributed by atoms with Crippen LogP contribution in [0.2, 0.25) is 0 Å². The van der Waals surface area contributed by atoms with Crippen LogP contribution in [-0.4, -0.2) is 24.3 Å². The summed E-state index contributed by atoms with van der Waals surface area (Å²) in [6.07, 6.45) is 1.86. The molecule has 0 saturated carbocycles. The van der Waals surface area contributed by atoms with Crippen molar-refractivity contribution in [1.29, 1.82) is 0 Å². The van der Waals surface area contributed by atoms with E-state index in [1.807, 2.05) is 0 Å². The lowest BCUT2D eigenvalue weighted by molar-refractivity contribution is -0.142. The summed E-state index contributed by atoms with van der Waals surface area (Å²) < 4.78 is 4.95. The Morgan fingerprint density at radius 1 is 1.50 bits per heavy atom. The van der Waals surface area contributed by atoms with Gasteiger partial charge in [-0.2, -0.15) is 0 Å². The molecule has 1 aromatic heterocycles. The van der Waals surface area contributed by atoms with Crippen LogP contribution < -0.4 is 0 Å². The molecule has 0 fully saturated rings. The highest BCUT2D eigenvalue weighted by Gasteiger charge is 2.00. The lowest BCUT2D eigenvalue weighted by Crippen LogP contribution is -2.08. The molecule has 0 aliphatic rings. The van der Waals surface area contributed by atoms with Crippen LogP contribution in [0.1, 0.15) is 16.7 Å². The minimum atomic E-state index is -0.912. The van der Waals surface area contributed by atoms with Crippen LogP contribution in [0.5, 0.6) is 0 Å². The molecule has 0 atom stereocenters. The number of aliphatic carboxylic acids is 1. The molecular formula is C10H14O3S. The molecule has 0 amide bonds. The predicted octanol–water partition coefficient (Wildman–Crippen LogP) is 1.95. The third-order valence-corrected chi connectivity index (χ3v) is 3.07. The number of carboxylic acid groups (broad SMARTS) is 1. The second-order valence-electron chi connectivity index (χ2n) is 2.92. The number of hydrogen-bond donors (Lipinski definition) is 1. The van der Waals surface area contributed by atoms with Crippen molar-refractivity contribution in [1.82, 2.24) is 0 Å². The summed E-state index contributed by atoms with van der Waals surface area (Å²) in [5.41, 5.74) is 0. The highest BCUT2D eigenvalue weighted by Crippen LogP contribution is 2.17. The molecule has 0 aliphatic heterocycles. The van der Waals surface area contributed by atoms with Crippen molar-refractivity contribution >= 4 is 17.3 Å². The van der Waals surface area contributed by atoms with Crippen LogP contribution in [-0.2, 0) is 22.4 Å². The van der Waals surface area contributed by atoms with E-state index >= 15 is 0 Å². The van der Waals surface area contributed by atoms with Gasteiger partial charge in [-0.25, -0.2) is 4.79 Å². The molecule has 3 nitrogen and oxygen atoms in total. The Morgan fingerprint density at radius 2 is 2.21 bits per heavy atom. The highest BCUT2D eigenvalue weighted by atomic mass is 32.1. The quantitative estimate of drug-likeness (QED) is 0.736. The first-order valence-electron chi connectivity index (χ1n) is 4.59. The zero-order chi connectivity index (χ0) is 10.4. The Kier molecular flexibility index (Phi) is 4.62. The first-order chi connectivity index (χ1) is 6.72. The molecule has 0 radical (unpaired) electrons. The number of hydrogen-bond acceptors (Lipinski definition) is 3. The van der Waals surface area contributed by atoms with Gasteiger partial charge in [0.05, 0.1) is 6.61 Å². The minimum Gasteiger partial charge on any atom is -0.480 e. The van der Waals surface area contributed by atoms with Crippen LogP contribution in [0.15, 0.2) is 12.1 Å². The average Bonchev–Trinajstić information content (AvgIpc) is 2.60. The van der Waals surface area contributed by atoms with Crippen molar-refractivity contribution in [2.75, 3.05) is 13.2 Å². The fraction of sp³-hybridized carbons (Fsp3) is 0.500. The fourth-order valence-electron chi connectivity index (χ4n) is 1.08. The number of thiophene rings is 1. The van der Waals surface area contributed by atoms with E-state index in [2.05, 4.69) is 19.1 Å². The number of aryl methyl sites for hydroxylation is 1. The molecule has 78 valence electrons. The zero-order valence-corrected chi connectivity index (χ0v) is 8.97. The Morgan fingerprint density at radius 3 is 2.79 bits per heavy atom. The molecular weight excluding hydrogens is 200 g/mol. The van der Waals surface area contributed by atoms with Crippen molar-refractivity contribution in [2.24, 2.45) is 0 Å². The molecule has 4 heteroatoms. The molecule has 1 heterocycles. The van der Waals surface area contributed by atoms with Gasteiger partial charge in [-0.1, -0.05) is 6.92 Å². The summed E-state index contributed by atoms with van der Waals surface area (Å²) in [6.45, 7) is 2.40. The van der Waals surface area contributed by atoms with Gasteiger partial charge in [-0.3, -0.25) is 0 Å². The predicted molar refractivity (Wildman–Crippen MR) is 55.9 cm³/mol. The maximum atomic E-state index is 10.1. The van der Waals surface area contributed by atoms with E-state index in [-0.39, 0.29) is 6.61 Å². The van der Waals surface area contributed by atoms with E-state index in [1.54, 1.807) is 11.3 Å². The second-order valence-corrected chi connectivity index (χ2v) is 4.17. The van der Waals surface area contributed by atoms with Crippen LogP contribution in [0.3, 0.4) is 0 Å². The van der Waals surface area contributed by atoms with E-state index < -0.39 is 5.97 Å². The molecule has 1 N–H and O–H groups in total. The SMILES string of the molecule is CCc1ccc(CCOCC(=O)O)s1. The normalized spacial score (nSPS) is 10.4. The Bertz CT molecular complexity index is 293. The van der Waals surface area contributed by atoms with Gasteiger partial charge in [0.25, 0.3) is 0 Å². The largest absolute Gasteiger partial charge is 0.480 e. The summed E-state index contributed by atoms with van der Waals surface area (Å²) in [5.74, 6) is -0.912. The average molecular weight is 214 g/mol. The highest BCUT2D eigenvalue weighted by molar-refractivity contribution is 7.11. The van der Waals surface area contributed by atoms with Gasteiger partial charge in [-0.05, 0) is 18.6 Å². The summed E-state index contributed by atoms with van der Waals surface area (Å²) >= 11 is 1.76. The molecule has 0 saturated heterocycles. The lowest BCUT2D eigenvalue weighted by atomic mass is 10.3. The first kappa shape index (κ1) is 11.2. The van der Waals surface area contributed by atoms with Crippen LogP contribution in [0, 0.1) is 0 Å². The van der Waals surface area contributed by atoms with E-state index in [0.29, 0.717) is 6.61 Å². The van der Waals surface area contributed by atoms with Crippen molar-refractivity contribution in [3.63, 3.8) is 0 Å². The van der Waals surface area contributed by atoms with E-state index in [9.17, 15) is 4.79 Å². The van der Waals surface area contributed by atoms with Gasteiger partial charge in [0, 0.05) is 16.2 Å². The number of ether oxygens (including phenoxy) is 1. The summed E-state index contributed by atoms with van der Waals surface area (Å²) in [4.78, 5) is 12.8. The maximum Gasteiger partial charge on any atom is 0.329 e. The van der Waals surface area contributed by atoms with Crippen LogP contribution in [0.25, 0.3) is 0 Å². The van der Waals surface area contributed by atoms with Crippen molar-refractivity contribution in [3.8, 4) is 0 Å². The second kappa shape index (κ2) is 5.78. The molecule has 0 unspecified atom stereocenters. The fourth-order valence-corrected chi connectivity index (χ4v) is 2.02. The van der Waals surface area contributed by atoms with Gasteiger partial charge in [0.2, 0.25) is 0 Å². The third-order valence-electron chi connectivity index (χ3n) is 1.78. The summed E-state index contributed by atoms with van der Waals surface area (Å²) in [6, 6.07) is 4.19. The van der Waals surface area contributed by atoms with Gasteiger partial charge in [0.1, 0.15) is 6.61 Å². The van der Waals surface area contributed by atoms with Gasteiger partial charge >= 0.3 is 5.97 Å². The van der Waals surface area contributed by atoms with Gasteiger partial charge in [0.15, 0.2) is 0 Å². The molecule has 14 heavy (non-hydrogen) atoms. The summed E-state index contributed by atoms with van der Waals surface area (Å²) in [5, 5.41) is 8.33. The molecule has 0 aromatic carbocycles. The van der Waals surface area contributed by atoms with Crippen LogP contribution in [0.4, 0.5) is 0 Å². The monoisotopic (exact) mass is 214 g/mol. The maximum absolute atomic E-state index is 10.1. The van der Waals surface area contributed by atoms with E-state index in [4.69, 9.17) is 9.84 Å². The Hall–Kier alpha value is -0.870. The van der Waals surface area contributed by atoms with Crippen molar-refractivity contribution < 1.29 is 14.6 Å². The first-order valence-corrected chi connectivity index (χ1v) is 5.41. The molecule has 1 aromatic rings. The summed E-state index contributed by atoms with van der Waals surface area (Å²) in [7, 11) is 0. The molecule has 0 spiro atoms. The molecule has 1 rings (SSSR count). The van der Waals surface area contributed by atoms with Crippen molar-refractivity contribution in [2.45, 2.75) is 19.8 Å². The zero-order valence-electron chi connectivity index (χ0n) is 8.16. The van der Waals surface area contributed by atoms with E-state index in [1.165, 1.54) is 9.75 Å². The van der Waals surface area contributed by atoms with Gasteiger partial charge in [-0.15, -0.1) is 11.3 Å². The number of carbonyl (C=O) groups is 1. The lowest BCUT2D eigenvalue weighted by Gasteiger charge is -1.98. The molecule has 0 aliphatic carbocycles. The Labute approximate surface area is 87.3 Å². The third kappa shape index (κ3) is 3.89.